The minimum absolute atomic E-state index is 0.176. The van der Waals surface area contributed by atoms with Crippen molar-refractivity contribution in [3.8, 4) is 0 Å². The number of imide groups is 1. The highest BCUT2D eigenvalue weighted by Gasteiger charge is 2.49. The number of esters is 1. The Morgan fingerprint density at radius 1 is 1.06 bits per heavy atom. The van der Waals surface area contributed by atoms with Gasteiger partial charge in [0.05, 0.1) is 24.4 Å². The lowest BCUT2D eigenvalue weighted by molar-refractivity contribution is -0.130. The fourth-order valence-electron chi connectivity index (χ4n) is 4.30. The number of nitrogens with one attached hydrogen (secondary N) is 2. The van der Waals surface area contributed by atoms with Crippen LogP contribution in [0.25, 0.3) is 10.8 Å². The van der Waals surface area contributed by atoms with Crippen molar-refractivity contribution in [3.63, 3.8) is 0 Å². The lowest BCUT2D eigenvalue weighted by Gasteiger charge is -2.22. The zero-order valence-corrected chi connectivity index (χ0v) is 18.9. The highest BCUT2D eigenvalue weighted by Crippen LogP contribution is 2.31. The molecule has 0 spiro atoms. The van der Waals surface area contributed by atoms with E-state index in [9.17, 15) is 19.2 Å². The summed E-state index contributed by atoms with van der Waals surface area (Å²) < 4.78 is 5.06. The van der Waals surface area contributed by atoms with Crippen molar-refractivity contribution in [2.75, 3.05) is 13.2 Å². The summed E-state index contributed by atoms with van der Waals surface area (Å²) >= 11 is 0. The van der Waals surface area contributed by atoms with Gasteiger partial charge in [-0.1, -0.05) is 36.4 Å². The van der Waals surface area contributed by atoms with Crippen LogP contribution in [0.2, 0.25) is 0 Å². The number of ketones is 1. The number of hydrogen-bond donors (Lipinski definition) is 2. The molecule has 33 heavy (non-hydrogen) atoms. The maximum absolute atomic E-state index is 13.3. The highest BCUT2D eigenvalue weighted by atomic mass is 16.5. The molecule has 3 amide bonds. The minimum Gasteiger partial charge on any atom is -0.462 e. The molecule has 1 fully saturated rings. The zero-order chi connectivity index (χ0) is 23.9. The molecule has 0 saturated carbocycles. The Morgan fingerprint density at radius 3 is 2.45 bits per heavy atom. The van der Waals surface area contributed by atoms with E-state index >= 15 is 0 Å². The molecule has 1 aliphatic rings. The van der Waals surface area contributed by atoms with Crippen LogP contribution in [0.3, 0.4) is 0 Å². The molecular formula is C25H25N3O5. The van der Waals surface area contributed by atoms with Gasteiger partial charge in [-0.25, -0.2) is 9.59 Å². The second-order valence-electron chi connectivity index (χ2n) is 8.28. The summed E-state index contributed by atoms with van der Waals surface area (Å²) in [6.45, 7) is 6.39. The number of carbonyl (C=O) groups excluding carboxylic acids is 4. The molecule has 1 saturated heterocycles. The number of carbonyl (C=O) groups is 4. The number of benzene rings is 2. The fraction of sp³-hybridized carbons (Fsp3) is 0.280. The van der Waals surface area contributed by atoms with Gasteiger partial charge >= 0.3 is 12.0 Å². The van der Waals surface area contributed by atoms with Gasteiger partial charge in [0.1, 0.15) is 5.54 Å². The molecule has 0 radical (unpaired) electrons. The number of nitrogens with zero attached hydrogens (tertiary/aromatic N) is 1. The Labute approximate surface area is 190 Å². The SMILES string of the molecule is CCOC(=O)c1c(C)[nH]c(C(=O)CN2C(=O)N[C@](C)(c3ccc4ccccc4c3)C2=O)c1C. The molecule has 0 aliphatic carbocycles. The predicted molar refractivity (Wildman–Crippen MR) is 122 cm³/mol. The predicted octanol–water partition coefficient (Wildman–Crippen LogP) is 3.61. The number of urea groups is 1. The second-order valence-corrected chi connectivity index (χ2v) is 8.28. The molecule has 0 bridgehead atoms. The van der Waals surface area contributed by atoms with Crippen molar-refractivity contribution in [2.45, 2.75) is 33.2 Å². The number of Topliss-reactive ketones (excluding diaryl/α,β-unsaturated/α-hetero) is 1. The van der Waals surface area contributed by atoms with Gasteiger partial charge in [0.25, 0.3) is 5.91 Å². The number of H-pyrrole nitrogens is 1. The van der Waals surface area contributed by atoms with Gasteiger partial charge in [-0.05, 0) is 55.7 Å². The van der Waals surface area contributed by atoms with E-state index in [0.717, 1.165) is 15.7 Å². The molecule has 3 aromatic rings. The first kappa shape index (κ1) is 22.3. The Bertz CT molecular complexity index is 1310. The average Bonchev–Trinajstić information content (AvgIpc) is 3.21. The molecule has 2 aromatic carbocycles. The first-order valence-electron chi connectivity index (χ1n) is 10.7. The van der Waals surface area contributed by atoms with Crippen LogP contribution in [0, 0.1) is 13.8 Å². The summed E-state index contributed by atoms with van der Waals surface area (Å²) in [6.07, 6.45) is 0. The van der Waals surface area contributed by atoms with Crippen LogP contribution in [0.1, 0.15) is 51.5 Å². The maximum atomic E-state index is 13.3. The summed E-state index contributed by atoms with van der Waals surface area (Å²) in [4.78, 5) is 55.1. The third-order valence-electron chi connectivity index (χ3n) is 6.10. The van der Waals surface area contributed by atoms with Gasteiger partial charge in [0, 0.05) is 5.69 Å². The number of aromatic nitrogens is 1. The first-order chi connectivity index (χ1) is 15.7. The van der Waals surface area contributed by atoms with Crippen LogP contribution in [0.15, 0.2) is 42.5 Å². The molecule has 0 unspecified atom stereocenters. The van der Waals surface area contributed by atoms with E-state index in [2.05, 4.69) is 10.3 Å². The molecule has 2 N–H and O–H groups in total. The molecule has 4 rings (SSSR count). The van der Waals surface area contributed by atoms with E-state index in [1.54, 1.807) is 33.8 Å². The summed E-state index contributed by atoms with van der Waals surface area (Å²) in [5.41, 5.74) is 0.728. The van der Waals surface area contributed by atoms with E-state index in [1.165, 1.54) is 0 Å². The normalized spacial score (nSPS) is 18.0. The summed E-state index contributed by atoms with van der Waals surface area (Å²) in [7, 11) is 0. The molecule has 1 atom stereocenters. The van der Waals surface area contributed by atoms with E-state index in [-0.39, 0.29) is 12.3 Å². The van der Waals surface area contributed by atoms with E-state index < -0.39 is 35.8 Å². The topological polar surface area (TPSA) is 109 Å². The van der Waals surface area contributed by atoms with Gasteiger partial charge in [-0.3, -0.25) is 14.5 Å². The van der Waals surface area contributed by atoms with Crippen LogP contribution < -0.4 is 5.32 Å². The van der Waals surface area contributed by atoms with Gasteiger partial charge in [-0.2, -0.15) is 0 Å². The Balaban J connectivity index is 1.60. The van der Waals surface area contributed by atoms with Crippen LogP contribution in [0.4, 0.5) is 4.79 Å². The van der Waals surface area contributed by atoms with Gasteiger partial charge in [-0.15, -0.1) is 0 Å². The number of aryl methyl sites for hydroxylation is 1. The van der Waals surface area contributed by atoms with E-state index in [0.29, 0.717) is 22.4 Å². The van der Waals surface area contributed by atoms with Gasteiger partial charge < -0.3 is 15.0 Å². The molecule has 8 nitrogen and oxygen atoms in total. The lowest BCUT2D eigenvalue weighted by atomic mass is 9.90. The fourth-order valence-corrected chi connectivity index (χ4v) is 4.30. The number of fused-ring (bicyclic) bond motifs is 1. The van der Waals surface area contributed by atoms with Crippen molar-refractivity contribution in [1.82, 2.24) is 15.2 Å². The van der Waals surface area contributed by atoms with Crippen LogP contribution in [-0.2, 0) is 15.1 Å². The lowest BCUT2D eigenvalue weighted by Crippen LogP contribution is -2.41. The number of ether oxygens (including phenoxy) is 1. The van der Waals surface area contributed by atoms with E-state index in [4.69, 9.17) is 4.74 Å². The highest BCUT2D eigenvalue weighted by molar-refractivity contribution is 6.12. The zero-order valence-electron chi connectivity index (χ0n) is 18.9. The Morgan fingerprint density at radius 2 is 1.76 bits per heavy atom. The van der Waals surface area contributed by atoms with Crippen molar-refractivity contribution in [3.05, 3.63) is 70.5 Å². The number of rotatable bonds is 6. The maximum Gasteiger partial charge on any atom is 0.340 e. The third kappa shape index (κ3) is 3.67. The number of amides is 3. The Kier molecular flexibility index (Phi) is 5.53. The molecule has 170 valence electrons. The van der Waals surface area contributed by atoms with Crippen molar-refractivity contribution >= 4 is 34.5 Å². The van der Waals surface area contributed by atoms with Crippen LogP contribution in [-0.4, -0.2) is 46.7 Å². The third-order valence-corrected chi connectivity index (χ3v) is 6.10. The van der Waals surface area contributed by atoms with Crippen molar-refractivity contribution in [2.24, 2.45) is 0 Å². The molecular weight excluding hydrogens is 422 g/mol. The smallest absolute Gasteiger partial charge is 0.340 e. The van der Waals surface area contributed by atoms with Crippen molar-refractivity contribution in [1.29, 1.82) is 0 Å². The number of hydrogen-bond acceptors (Lipinski definition) is 5. The van der Waals surface area contributed by atoms with E-state index in [1.807, 2.05) is 36.4 Å². The summed E-state index contributed by atoms with van der Waals surface area (Å²) in [5.74, 6) is -1.51. The average molecular weight is 447 g/mol. The summed E-state index contributed by atoms with van der Waals surface area (Å²) in [5, 5.41) is 4.69. The number of aromatic amines is 1. The largest absolute Gasteiger partial charge is 0.462 e. The van der Waals surface area contributed by atoms with Crippen molar-refractivity contribution < 1.29 is 23.9 Å². The Hall–Kier alpha value is -3.94. The van der Waals surface area contributed by atoms with Gasteiger partial charge in [0.2, 0.25) is 0 Å². The van der Waals surface area contributed by atoms with Gasteiger partial charge in [0.15, 0.2) is 5.78 Å². The molecule has 1 aromatic heterocycles. The van der Waals surface area contributed by atoms with Crippen LogP contribution in [0.5, 0.6) is 0 Å². The standard InChI is InChI=1S/C25H25N3O5/c1-5-33-22(30)20-14(2)21(26-15(20)3)19(29)13-28-23(31)25(4,27-24(28)32)18-11-10-16-8-6-7-9-17(16)12-18/h6-12,26H,5,13H2,1-4H3,(H,27,32)/t25-/m1/s1. The first-order valence-corrected chi connectivity index (χ1v) is 10.7. The second kappa shape index (κ2) is 8.20. The minimum atomic E-state index is -1.29. The quantitative estimate of drug-likeness (QED) is 0.341. The van der Waals surface area contributed by atoms with Crippen LogP contribution >= 0.6 is 0 Å². The molecule has 8 heteroatoms. The summed E-state index contributed by atoms with van der Waals surface area (Å²) in [6, 6.07) is 12.6. The molecule has 1 aliphatic heterocycles. The molecule has 2 heterocycles. The monoisotopic (exact) mass is 447 g/mol.